The van der Waals surface area contributed by atoms with Gasteiger partial charge in [0, 0.05) is 5.02 Å². The lowest BCUT2D eigenvalue weighted by Crippen LogP contribution is -1.55. The van der Waals surface area contributed by atoms with Crippen molar-refractivity contribution in [3.8, 4) is 0 Å². The molecule has 1 heterocycles. The maximum Gasteiger partial charge on any atom is 0.0928 e. The van der Waals surface area contributed by atoms with Crippen LogP contribution in [0.3, 0.4) is 0 Å². The van der Waals surface area contributed by atoms with Crippen molar-refractivity contribution in [3.05, 3.63) is 57.2 Å². The van der Waals surface area contributed by atoms with E-state index in [9.17, 15) is 0 Å². The monoisotopic (exact) mass is 230 g/mol. The molecular weight excluding hydrogens is 223 g/mol. The predicted molar refractivity (Wildman–Crippen MR) is 60.8 cm³/mol. The van der Waals surface area contributed by atoms with Crippen molar-refractivity contribution in [3.63, 3.8) is 0 Å². The number of thiophene rings is 1. The molecule has 0 aliphatic heterocycles. The molecule has 0 saturated carbocycles. The molecule has 3 heteroatoms. The van der Waals surface area contributed by atoms with Gasteiger partial charge in [-0.1, -0.05) is 41.4 Å². The molecule has 0 aliphatic carbocycles. The Hall–Kier alpha value is -0.500. The topological polar surface area (TPSA) is 0 Å². The van der Waals surface area contributed by atoms with Crippen molar-refractivity contribution in [2.45, 2.75) is 0 Å². The van der Waals surface area contributed by atoms with Gasteiger partial charge in [0.2, 0.25) is 0 Å². The van der Waals surface area contributed by atoms with Gasteiger partial charge < -0.3 is 0 Å². The van der Waals surface area contributed by atoms with Crippen LogP contribution in [0.2, 0.25) is 9.36 Å². The Morgan fingerprint density at radius 2 is 1.54 bits per heavy atom. The first-order valence-corrected chi connectivity index (χ1v) is 5.32. The van der Waals surface area contributed by atoms with Crippen molar-refractivity contribution in [1.82, 2.24) is 0 Å². The highest BCUT2D eigenvalue weighted by molar-refractivity contribution is 7.14. The fourth-order valence-corrected chi connectivity index (χ4v) is 1.49. The van der Waals surface area contributed by atoms with E-state index >= 15 is 0 Å². The van der Waals surface area contributed by atoms with Crippen LogP contribution in [0.4, 0.5) is 0 Å². The smallest absolute Gasteiger partial charge is 0.0928 e. The SMILES string of the molecule is Clc1ccccc1.Clc1cccs1. The van der Waals surface area contributed by atoms with Crippen molar-refractivity contribution in [2.75, 3.05) is 0 Å². The summed E-state index contributed by atoms with van der Waals surface area (Å²) in [4.78, 5) is 0. The van der Waals surface area contributed by atoms with E-state index in [1.807, 2.05) is 47.8 Å². The Morgan fingerprint density at radius 3 is 1.77 bits per heavy atom. The third-order valence-corrected chi connectivity index (χ3v) is 2.52. The van der Waals surface area contributed by atoms with Gasteiger partial charge in [0.1, 0.15) is 0 Å². The number of benzene rings is 1. The molecule has 1 aromatic heterocycles. The molecular formula is C10H8Cl2S. The van der Waals surface area contributed by atoms with Crippen molar-refractivity contribution < 1.29 is 0 Å². The summed E-state index contributed by atoms with van der Waals surface area (Å²) in [5.41, 5.74) is 0. The van der Waals surface area contributed by atoms with E-state index in [2.05, 4.69) is 0 Å². The van der Waals surface area contributed by atoms with Crippen LogP contribution >= 0.6 is 34.5 Å². The van der Waals surface area contributed by atoms with E-state index in [1.54, 1.807) is 11.3 Å². The zero-order valence-electron chi connectivity index (χ0n) is 6.78. The van der Waals surface area contributed by atoms with E-state index in [1.165, 1.54) is 0 Å². The van der Waals surface area contributed by atoms with E-state index in [-0.39, 0.29) is 0 Å². The number of hydrogen-bond donors (Lipinski definition) is 0. The summed E-state index contributed by atoms with van der Waals surface area (Å²) >= 11 is 12.6. The maximum absolute atomic E-state index is 5.54. The molecule has 0 radical (unpaired) electrons. The largest absolute Gasteiger partial charge is 0.132 e. The quantitative estimate of drug-likeness (QED) is 0.614. The summed E-state index contributed by atoms with van der Waals surface area (Å²) in [5, 5.41) is 2.74. The van der Waals surface area contributed by atoms with Crippen LogP contribution < -0.4 is 0 Å². The highest BCUT2D eigenvalue weighted by Gasteiger charge is 1.77. The average molecular weight is 231 g/mol. The molecule has 0 unspecified atom stereocenters. The van der Waals surface area contributed by atoms with Gasteiger partial charge in [0.25, 0.3) is 0 Å². The first-order chi connectivity index (χ1) is 6.29. The first-order valence-electron chi connectivity index (χ1n) is 3.68. The summed E-state index contributed by atoms with van der Waals surface area (Å²) in [6, 6.07) is 13.2. The van der Waals surface area contributed by atoms with Gasteiger partial charge in [0.05, 0.1) is 4.34 Å². The second-order valence-electron chi connectivity index (χ2n) is 2.21. The lowest BCUT2D eigenvalue weighted by molar-refractivity contribution is 1.71. The van der Waals surface area contributed by atoms with Gasteiger partial charge >= 0.3 is 0 Å². The summed E-state index contributed by atoms with van der Waals surface area (Å²) in [5.74, 6) is 0. The standard InChI is InChI=1S/C6H5Cl.C4H3ClS/c7-6-4-2-1-3-5-6;5-4-2-1-3-6-4/h1-5H;1-3H. The van der Waals surface area contributed by atoms with Crippen LogP contribution in [-0.4, -0.2) is 0 Å². The van der Waals surface area contributed by atoms with Gasteiger partial charge in [-0.3, -0.25) is 0 Å². The summed E-state index contributed by atoms with van der Waals surface area (Å²) in [6.45, 7) is 0. The van der Waals surface area contributed by atoms with Gasteiger partial charge in [-0.2, -0.15) is 0 Å². The van der Waals surface area contributed by atoms with Crippen LogP contribution in [0.15, 0.2) is 47.8 Å². The average Bonchev–Trinajstić information content (AvgIpc) is 2.58. The highest BCUT2D eigenvalue weighted by Crippen LogP contribution is 2.13. The molecule has 0 amide bonds. The van der Waals surface area contributed by atoms with Crippen LogP contribution in [0, 0.1) is 0 Å². The molecule has 2 rings (SSSR count). The first kappa shape index (κ1) is 10.6. The molecule has 68 valence electrons. The number of hydrogen-bond acceptors (Lipinski definition) is 1. The van der Waals surface area contributed by atoms with Gasteiger partial charge in [0.15, 0.2) is 0 Å². The minimum Gasteiger partial charge on any atom is -0.132 e. The number of halogens is 2. The second kappa shape index (κ2) is 6.03. The lowest BCUT2D eigenvalue weighted by Gasteiger charge is -1.80. The molecule has 0 saturated heterocycles. The predicted octanol–water partition coefficient (Wildman–Crippen LogP) is 4.74. The van der Waals surface area contributed by atoms with Gasteiger partial charge in [-0.25, -0.2) is 0 Å². The fourth-order valence-electron chi connectivity index (χ4n) is 0.673. The minimum atomic E-state index is 0.794. The van der Waals surface area contributed by atoms with Crippen molar-refractivity contribution in [1.29, 1.82) is 0 Å². The van der Waals surface area contributed by atoms with E-state index in [0.717, 1.165) is 9.36 Å². The molecule has 13 heavy (non-hydrogen) atoms. The Labute approximate surface area is 91.7 Å². The molecule has 0 fully saturated rings. The Balaban J connectivity index is 0.000000132. The minimum absolute atomic E-state index is 0.794. The van der Waals surface area contributed by atoms with Crippen molar-refractivity contribution in [2.24, 2.45) is 0 Å². The Bertz CT molecular complexity index is 316. The third-order valence-electron chi connectivity index (χ3n) is 1.22. The molecule has 0 nitrogen and oxygen atoms in total. The van der Waals surface area contributed by atoms with Crippen molar-refractivity contribution >= 4 is 34.5 Å². The normalized spacial score (nSPS) is 8.77. The van der Waals surface area contributed by atoms with E-state index < -0.39 is 0 Å². The van der Waals surface area contributed by atoms with Crippen LogP contribution in [0.25, 0.3) is 0 Å². The molecule has 0 atom stereocenters. The number of rotatable bonds is 0. The van der Waals surface area contributed by atoms with E-state index in [0.29, 0.717) is 0 Å². The third kappa shape index (κ3) is 4.94. The van der Waals surface area contributed by atoms with Crippen LogP contribution in [0.5, 0.6) is 0 Å². The summed E-state index contributed by atoms with van der Waals surface area (Å²) in [6.07, 6.45) is 0. The zero-order chi connectivity index (χ0) is 9.52. The molecule has 0 spiro atoms. The van der Waals surface area contributed by atoms with Crippen LogP contribution in [-0.2, 0) is 0 Å². The second-order valence-corrected chi connectivity index (χ2v) is 4.23. The fraction of sp³-hybridized carbons (Fsp3) is 0. The Morgan fingerprint density at radius 1 is 0.846 bits per heavy atom. The molecule has 0 bridgehead atoms. The van der Waals surface area contributed by atoms with E-state index in [4.69, 9.17) is 23.2 Å². The summed E-state index contributed by atoms with van der Waals surface area (Å²) in [7, 11) is 0. The highest BCUT2D eigenvalue weighted by atomic mass is 35.5. The zero-order valence-corrected chi connectivity index (χ0v) is 9.11. The molecule has 0 N–H and O–H groups in total. The maximum atomic E-state index is 5.54. The molecule has 1 aromatic carbocycles. The lowest BCUT2D eigenvalue weighted by atomic mass is 10.4. The van der Waals surface area contributed by atoms with Gasteiger partial charge in [-0.05, 0) is 29.6 Å². The molecule has 2 aromatic rings. The van der Waals surface area contributed by atoms with Gasteiger partial charge in [-0.15, -0.1) is 11.3 Å². The Kier molecular flexibility index (Phi) is 4.91. The van der Waals surface area contributed by atoms with Crippen LogP contribution in [0.1, 0.15) is 0 Å². The molecule has 0 aliphatic rings. The summed E-state index contributed by atoms with van der Waals surface area (Å²) < 4.78 is 0.856.